The van der Waals surface area contributed by atoms with Gasteiger partial charge in [0.05, 0.1) is 12.7 Å². The topological polar surface area (TPSA) is 53.3 Å². The molecule has 0 unspecified atom stereocenters. The Bertz CT molecular complexity index is 317. The van der Waals surface area contributed by atoms with Crippen LogP contribution in [-0.4, -0.2) is 37.6 Å². The first-order valence-electron chi connectivity index (χ1n) is 5.85. The maximum Gasteiger partial charge on any atom is 0.236 e. The number of hydrogen-bond acceptors (Lipinski definition) is 3. The standard InChI is InChI=1S/C12H18N2O2/c1-16-8-10-7-14(11(15)3-6-13)9-12(10)4-2-5-12/h10H,2-5,7-9H2,1H3/t10-/m0/s1. The summed E-state index contributed by atoms with van der Waals surface area (Å²) in [4.78, 5) is 13.5. The molecule has 1 spiro atoms. The van der Waals surface area contributed by atoms with Crippen molar-refractivity contribution in [1.82, 2.24) is 4.90 Å². The van der Waals surface area contributed by atoms with Crippen LogP contribution in [0, 0.1) is 22.7 Å². The van der Waals surface area contributed by atoms with Gasteiger partial charge in [-0.3, -0.25) is 4.79 Å². The van der Waals surface area contributed by atoms with Crippen molar-refractivity contribution in [3.8, 4) is 6.07 Å². The van der Waals surface area contributed by atoms with Gasteiger partial charge in [-0.1, -0.05) is 6.42 Å². The summed E-state index contributed by atoms with van der Waals surface area (Å²) in [7, 11) is 1.71. The molecule has 4 nitrogen and oxygen atoms in total. The number of likely N-dealkylation sites (tertiary alicyclic amines) is 1. The molecule has 0 aromatic carbocycles. The first-order valence-corrected chi connectivity index (χ1v) is 5.85. The smallest absolute Gasteiger partial charge is 0.236 e. The first-order chi connectivity index (χ1) is 7.72. The van der Waals surface area contributed by atoms with Gasteiger partial charge in [0.2, 0.25) is 5.91 Å². The Hall–Kier alpha value is -1.08. The summed E-state index contributed by atoms with van der Waals surface area (Å²) in [5.74, 6) is 0.446. The second-order valence-electron chi connectivity index (χ2n) is 4.98. The SMILES string of the molecule is COC[C@@H]1CN(C(=O)CC#N)CC12CCC2. The van der Waals surface area contributed by atoms with Crippen LogP contribution >= 0.6 is 0 Å². The number of carbonyl (C=O) groups is 1. The Morgan fingerprint density at radius 1 is 1.62 bits per heavy atom. The average Bonchev–Trinajstić information content (AvgIpc) is 2.58. The normalized spacial score (nSPS) is 26.5. The van der Waals surface area contributed by atoms with Crippen molar-refractivity contribution in [2.24, 2.45) is 11.3 Å². The van der Waals surface area contributed by atoms with Gasteiger partial charge in [0.1, 0.15) is 6.42 Å². The molecule has 0 N–H and O–H groups in total. The quantitative estimate of drug-likeness (QED) is 0.720. The van der Waals surface area contributed by atoms with E-state index in [2.05, 4.69) is 0 Å². The van der Waals surface area contributed by atoms with Gasteiger partial charge < -0.3 is 9.64 Å². The molecule has 1 saturated heterocycles. The van der Waals surface area contributed by atoms with Gasteiger partial charge in [0.25, 0.3) is 0 Å². The molecule has 88 valence electrons. The number of methoxy groups -OCH3 is 1. The van der Waals surface area contributed by atoms with E-state index in [1.807, 2.05) is 11.0 Å². The largest absolute Gasteiger partial charge is 0.384 e. The molecule has 2 aliphatic rings. The van der Waals surface area contributed by atoms with Gasteiger partial charge in [-0.05, 0) is 18.3 Å². The molecule has 0 aromatic rings. The number of nitrogens with zero attached hydrogens (tertiary/aromatic N) is 2. The third-order valence-corrected chi connectivity index (χ3v) is 4.11. The van der Waals surface area contributed by atoms with Gasteiger partial charge in [-0.15, -0.1) is 0 Å². The van der Waals surface area contributed by atoms with Crippen molar-refractivity contribution < 1.29 is 9.53 Å². The van der Waals surface area contributed by atoms with Crippen LogP contribution in [0.15, 0.2) is 0 Å². The van der Waals surface area contributed by atoms with E-state index in [-0.39, 0.29) is 12.3 Å². The lowest BCUT2D eigenvalue weighted by atomic mass is 9.63. The summed E-state index contributed by atoms with van der Waals surface area (Å²) in [6.45, 7) is 2.34. The summed E-state index contributed by atoms with van der Waals surface area (Å²) >= 11 is 0. The van der Waals surface area contributed by atoms with Crippen LogP contribution < -0.4 is 0 Å². The highest BCUT2D eigenvalue weighted by Crippen LogP contribution is 2.51. The molecule has 1 amide bonds. The second-order valence-corrected chi connectivity index (χ2v) is 4.98. The maximum atomic E-state index is 11.7. The molecule has 0 aromatic heterocycles. The van der Waals surface area contributed by atoms with E-state index in [1.165, 1.54) is 19.3 Å². The third-order valence-electron chi connectivity index (χ3n) is 4.11. The molecule has 4 heteroatoms. The van der Waals surface area contributed by atoms with E-state index in [1.54, 1.807) is 7.11 Å². The lowest BCUT2D eigenvalue weighted by Crippen LogP contribution is -2.39. The zero-order valence-corrected chi connectivity index (χ0v) is 9.74. The number of carbonyl (C=O) groups excluding carboxylic acids is 1. The van der Waals surface area contributed by atoms with E-state index < -0.39 is 0 Å². The van der Waals surface area contributed by atoms with E-state index in [9.17, 15) is 4.79 Å². The van der Waals surface area contributed by atoms with Crippen molar-refractivity contribution in [2.75, 3.05) is 26.8 Å². The first kappa shape index (κ1) is 11.4. The summed E-state index contributed by atoms with van der Waals surface area (Å²) in [6.07, 6.45) is 3.69. The molecule has 1 aliphatic heterocycles. The Morgan fingerprint density at radius 3 is 2.88 bits per heavy atom. The minimum atomic E-state index is -0.0209. The van der Waals surface area contributed by atoms with Crippen molar-refractivity contribution >= 4 is 5.91 Å². The number of ether oxygens (including phenoxy) is 1. The number of rotatable bonds is 3. The highest BCUT2D eigenvalue weighted by molar-refractivity contribution is 5.78. The van der Waals surface area contributed by atoms with E-state index in [0.29, 0.717) is 11.3 Å². The number of hydrogen-bond donors (Lipinski definition) is 0. The van der Waals surface area contributed by atoms with Crippen LogP contribution in [0.25, 0.3) is 0 Å². The second kappa shape index (κ2) is 4.42. The van der Waals surface area contributed by atoms with Crippen LogP contribution in [0.4, 0.5) is 0 Å². The van der Waals surface area contributed by atoms with Crippen LogP contribution in [0.3, 0.4) is 0 Å². The molecule has 1 saturated carbocycles. The van der Waals surface area contributed by atoms with Gasteiger partial charge in [-0.25, -0.2) is 0 Å². The lowest BCUT2D eigenvalue weighted by molar-refractivity contribution is -0.129. The molecule has 1 heterocycles. The van der Waals surface area contributed by atoms with E-state index in [0.717, 1.165) is 19.7 Å². The van der Waals surface area contributed by atoms with Crippen molar-refractivity contribution in [3.63, 3.8) is 0 Å². The predicted molar refractivity (Wildman–Crippen MR) is 58.5 cm³/mol. The number of nitriles is 1. The number of amides is 1. The highest BCUT2D eigenvalue weighted by Gasteiger charge is 2.51. The lowest BCUT2D eigenvalue weighted by Gasteiger charge is -2.42. The molecule has 16 heavy (non-hydrogen) atoms. The fourth-order valence-corrected chi connectivity index (χ4v) is 3.03. The van der Waals surface area contributed by atoms with Crippen LogP contribution in [0.5, 0.6) is 0 Å². The third kappa shape index (κ3) is 1.80. The van der Waals surface area contributed by atoms with Crippen LogP contribution in [0.2, 0.25) is 0 Å². The van der Waals surface area contributed by atoms with Crippen molar-refractivity contribution in [2.45, 2.75) is 25.7 Å². The average molecular weight is 222 g/mol. The monoisotopic (exact) mass is 222 g/mol. The van der Waals surface area contributed by atoms with Gasteiger partial charge in [0, 0.05) is 26.1 Å². The molecule has 1 aliphatic carbocycles. The van der Waals surface area contributed by atoms with E-state index >= 15 is 0 Å². The van der Waals surface area contributed by atoms with Crippen molar-refractivity contribution in [1.29, 1.82) is 5.26 Å². The molecule has 2 rings (SSSR count). The predicted octanol–water partition coefficient (Wildman–Crippen LogP) is 1.18. The zero-order valence-electron chi connectivity index (χ0n) is 9.74. The van der Waals surface area contributed by atoms with Gasteiger partial charge >= 0.3 is 0 Å². The van der Waals surface area contributed by atoms with E-state index in [4.69, 9.17) is 10.00 Å². The Morgan fingerprint density at radius 2 is 2.38 bits per heavy atom. The molecule has 0 bridgehead atoms. The molecular formula is C12H18N2O2. The minimum Gasteiger partial charge on any atom is -0.384 e. The Labute approximate surface area is 96.2 Å². The fraction of sp³-hybridized carbons (Fsp3) is 0.833. The van der Waals surface area contributed by atoms with Crippen molar-refractivity contribution in [3.05, 3.63) is 0 Å². The molecule has 2 fully saturated rings. The minimum absolute atomic E-state index is 0.00970. The highest BCUT2D eigenvalue weighted by atomic mass is 16.5. The molecule has 1 atom stereocenters. The zero-order chi connectivity index (χ0) is 11.6. The molecule has 0 radical (unpaired) electrons. The van der Waals surface area contributed by atoms with Crippen LogP contribution in [0.1, 0.15) is 25.7 Å². The van der Waals surface area contributed by atoms with Gasteiger partial charge in [0.15, 0.2) is 0 Å². The Balaban J connectivity index is 2.01. The Kier molecular flexibility index (Phi) is 3.15. The summed E-state index contributed by atoms with van der Waals surface area (Å²) in [5.41, 5.74) is 0.307. The summed E-state index contributed by atoms with van der Waals surface area (Å²) < 4.78 is 5.24. The fourth-order valence-electron chi connectivity index (χ4n) is 3.03. The summed E-state index contributed by atoms with van der Waals surface area (Å²) in [5, 5.41) is 8.55. The summed E-state index contributed by atoms with van der Waals surface area (Å²) in [6, 6.07) is 1.93. The molecular weight excluding hydrogens is 204 g/mol. The van der Waals surface area contributed by atoms with Gasteiger partial charge in [-0.2, -0.15) is 5.26 Å². The van der Waals surface area contributed by atoms with Crippen LogP contribution in [-0.2, 0) is 9.53 Å². The maximum absolute atomic E-state index is 11.7.